The number of hydrogen-bond donors (Lipinski definition) is 2. The number of benzene rings is 2. The maximum absolute atomic E-state index is 12.7. The Morgan fingerprint density at radius 1 is 1.12 bits per heavy atom. The van der Waals surface area contributed by atoms with Gasteiger partial charge in [0.15, 0.2) is 5.17 Å². The van der Waals surface area contributed by atoms with Gasteiger partial charge >= 0.3 is 5.97 Å². The fraction of sp³-hybridized carbons (Fsp3) is 0.320. The van der Waals surface area contributed by atoms with E-state index in [2.05, 4.69) is 10.6 Å². The lowest BCUT2D eigenvalue weighted by Crippen LogP contribution is -2.31. The van der Waals surface area contributed by atoms with Gasteiger partial charge in [-0.1, -0.05) is 42.1 Å². The summed E-state index contributed by atoms with van der Waals surface area (Å²) < 4.78 is 5.29. The van der Waals surface area contributed by atoms with Gasteiger partial charge in [0, 0.05) is 31.2 Å². The molecule has 0 spiro atoms. The van der Waals surface area contributed by atoms with E-state index in [1.54, 1.807) is 6.92 Å². The second-order valence-electron chi connectivity index (χ2n) is 7.86. The number of thioether (sulfide) groups is 1. The normalized spacial score (nSPS) is 15.4. The molecule has 0 unspecified atom stereocenters. The predicted molar refractivity (Wildman–Crippen MR) is 136 cm³/mol. The molecule has 1 aliphatic rings. The number of carbonyl (C=O) groups is 2. The van der Waals surface area contributed by atoms with E-state index in [0.717, 1.165) is 22.5 Å². The molecule has 3 rings (SSSR count). The summed E-state index contributed by atoms with van der Waals surface area (Å²) in [5, 5.41) is 6.69. The number of anilines is 2. The quantitative estimate of drug-likeness (QED) is 0.593. The minimum Gasteiger partial charge on any atom is -0.463 e. The Kier molecular flexibility index (Phi) is 8.16. The van der Waals surface area contributed by atoms with Gasteiger partial charge in [-0.05, 0) is 50.1 Å². The minimum atomic E-state index is -0.511. The zero-order valence-corrected chi connectivity index (χ0v) is 20.5. The number of amides is 1. The number of aryl methyl sites for hydroxylation is 1. The van der Waals surface area contributed by atoms with Crippen LogP contribution in [0.1, 0.15) is 31.0 Å². The zero-order valence-electron chi connectivity index (χ0n) is 19.6. The van der Waals surface area contributed by atoms with Crippen LogP contribution in [0.2, 0.25) is 0 Å². The average Bonchev–Trinajstić information content (AvgIpc) is 2.79. The standard InChI is InChI=1S/C25H30N4O3S/c1-6-32-24(31)22-17(3)26-25(28-23(22)18-11-13-19(14-12-18)29(4)5)33-15-21(30)27-20-10-8-7-9-16(20)2/h7-14,23H,6,15H2,1-5H3,(H,26,28)(H,27,30)/t23-/m0/s1. The first-order valence-corrected chi connectivity index (χ1v) is 11.8. The molecule has 1 atom stereocenters. The number of carbonyl (C=O) groups excluding carboxylic acids is 2. The average molecular weight is 467 g/mol. The number of nitrogens with zero attached hydrogens (tertiary/aromatic N) is 2. The number of hydrogen-bond acceptors (Lipinski definition) is 7. The van der Waals surface area contributed by atoms with Crippen molar-refractivity contribution in [3.05, 3.63) is 70.9 Å². The van der Waals surface area contributed by atoms with Crippen molar-refractivity contribution in [2.45, 2.75) is 26.8 Å². The van der Waals surface area contributed by atoms with Crippen LogP contribution in [0.5, 0.6) is 0 Å². The number of nitrogens with one attached hydrogen (secondary N) is 2. The second-order valence-corrected chi connectivity index (χ2v) is 8.82. The third-order valence-electron chi connectivity index (χ3n) is 5.20. The summed E-state index contributed by atoms with van der Waals surface area (Å²) in [4.78, 5) is 32.0. The maximum Gasteiger partial charge on any atom is 0.338 e. The fourth-order valence-electron chi connectivity index (χ4n) is 3.42. The monoisotopic (exact) mass is 466 g/mol. The van der Waals surface area contributed by atoms with Gasteiger partial charge in [0.05, 0.1) is 17.9 Å². The molecule has 0 fully saturated rings. The Balaban J connectivity index is 1.79. The van der Waals surface area contributed by atoms with Crippen LogP contribution in [0, 0.1) is 6.92 Å². The van der Waals surface area contributed by atoms with E-state index in [9.17, 15) is 9.59 Å². The third-order valence-corrected chi connectivity index (χ3v) is 6.09. The first kappa shape index (κ1) is 24.4. The van der Waals surface area contributed by atoms with Gasteiger partial charge in [-0.2, -0.15) is 0 Å². The summed E-state index contributed by atoms with van der Waals surface area (Å²) in [6, 6.07) is 15.1. The molecule has 33 heavy (non-hydrogen) atoms. The van der Waals surface area contributed by atoms with Gasteiger partial charge in [-0.3, -0.25) is 4.79 Å². The molecule has 0 radical (unpaired) electrons. The van der Waals surface area contributed by atoms with Gasteiger partial charge in [0.1, 0.15) is 6.04 Å². The van der Waals surface area contributed by atoms with Crippen LogP contribution in [0.25, 0.3) is 0 Å². The molecule has 1 aliphatic heterocycles. The van der Waals surface area contributed by atoms with Crippen molar-refractivity contribution in [1.82, 2.24) is 5.32 Å². The molecule has 8 heteroatoms. The number of rotatable bonds is 7. The van der Waals surface area contributed by atoms with Crippen molar-refractivity contribution in [1.29, 1.82) is 0 Å². The Morgan fingerprint density at radius 2 is 1.82 bits per heavy atom. The van der Waals surface area contributed by atoms with Crippen LogP contribution in [-0.2, 0) is 14.3 Å². The first-order valence-electron chi connectivity index (χ1n) is 10.8. The van der Waals surface area contributed by atoms with Gasteiger partial charge < -0.3 is 20.3 Å². The van der Waals surface area contributed by atoms with E-state index in [4.69, 9.17) is 9.73 Å². The topological polar surface area (TPSA) is 83.0 Å². The Hall–Kier alpha value is -3.26. The minimum absolute atomic E-state index is 0.122. The van der Waals surface area contributed by atoms with Gasteiger partial charge in [0.25, 0.3) is 0 Å². The van der Waals surface area contributed by atoms with Crippen LogP contribution >= 0.6 is 11.8 Å². The van der Waals surface area contributed by atoms with Crippen LogP contribution in [0.3, 0.4) is 0 Å². The highest BCUT2D eigenvalue weighted by atomic mass is 32.2. The molecular formula is C25H30N4O3S. The molecule has 0 aliphatic carbocycles. The second kappa shape index (κ2) is 11.0. The number of aliphatic imine (C=N–C) groups is 1. The summed E-state index contributed by atoms with van der Waals surface area (Å²) in [6.45, 7) is 5.84. The van der Waals surface area contributed by atoms with Gasteiger partial charge in [-0.15, -0.1) is 0 Å². The molecule has 2 aromatic rings. The summed E-state index contributed by atoms with van der Waals surface area (Å²) in [5.41, 5.74) is 4.88. The summed E-state index contributed by atoms with van der Waals surface area (Å²) in [6.07, 6.45) is 0. The lowest BCUT2D eigenvalue weighted by atomic mass is 9.96. The molecule has 0 saturated carbocycles. The molecule has 0 aromatic heterocycles. The van der Waals surface area contributed by atoms with Crippen molar-refractivity contribution in [3.63, 3.8) is 0 Å². The van der Waals surface area contributed by atoms with Gasteiger partial charge in [0.2, 0.25) is 5.91 Å². The van der Waals surface area contributed by atoms with Crippen molar-refractivity contribution in [3.8, 4) is 0 Å². The van der Waals surface area contributed by atoms with E-state index >= 15 is 0 Å². The van der Waals surface area contributed by atoms with E-state index in [1.165, 1.54) is 11.8 Å². The number of para-hydroxylation sites is 1. The van der Waals surface area contributed by atoms with Crippen LogP contribution in [0.15, 0.2) is 64.8 Å². The number of esters is 1. The fourth-order valence-corrected chi connectivity index (χ4v) is 4.17. The molecule has 0 saturated heterocycles. The van der Waals surface area contributed by atoms with Crippen molar-refractivity contribution in [2.75, 3.05) is 36.7 Å². The molecule has 174 valence electrons. The molecule has 0 bridgehead atoms. The zero-order chi connectivity index (χ0) is 24.0. The largest absolute Gasteiger partial charge is 0.463 e. The molecule has 1 amide bonds. The van der Waals surface area contributed by atoms with E-state index in [-0.39, 0.29) is 18.3 Å². The van der Waals surface area contributed by atoms with E-state index < -0.39 is 12.0 Å². The SMILES string of the molecule is CCOC(=O)C1=C(C)NC(SCC(=O)Nc2ccccc2C)=N[C@H]1c1ccc(N(C)C)cc1. The van der Waals surface area contributed by atoms with Gasteiger partial charge in [-0.25, -0.2) is 9.79 Å². The number of allylic oxidation sites excluding steroid dienone is 1. The number of amidine groups is 1. The molecular weight excluding hydrogens is 436 g/mol. The Labute approximate surface area is 199 Å². The van der Waals surface area contributed by atoms with E-state index in [1.807, 2.05) is 81.4 Å². The van der Waals surface area contributed by atoms with Crippen molar-refractivity contribution < 1.29 is 14.3 Å². The van der Waals surface area contributed by atoms with Crippen molar-refractivity contribution in [2.24, 2.45) is 4.99 Å². The highest BCUT2D eigenvalue weighted by Crippen LogP contribution is 2.33. The predicted octanol–water partition coefficient (Wildman–Crippen LogP) is 4.27. The maximum atomic E-state index is 12.7. The van der Waals surface area contributed by atoms with E-state index in [0.29, 0.717) is 16.4 Å². The summed E-state index contributed by atoms with van der Waals surface area (Å²) in [5.74, 6) is -0.327. The third kappa shape index (κ3) is 6.16. The first-order chi connectivity index (χ1) is 15.8. The molecule has 7 nitrogen and oxygen atoms in total. The molecule has 2 aromatic carbocycles. The lowest BCUT2D eigenvalue weighted by molar-refractivity contribution is -0.139. The van der Waals surface area contributed by atoms with Crippen LogP contribution < -0.4 is 15.5 Å². The molecule has 1 heterocycles. The summed E-state index contributed by atoms with van der Waals surface area (Å²) in [7, 11) is 3.95. The molecule has 2 N–H and O–H groups in total. The highest BCUT2D eigenvalue weighted by molar-refractivity contribution is 8.14. The Morgan fingerprint density at radius 3 is 2.45 bits per heavy atom. The highest BCUT2D eigenvalue weighted by Gasteiger charge is 2.30. The summed E-state index contributed by atoms with van der Waals surface area (Å²) >= 11 is 1.30. The van der Waals surface area contributed by atoms with Crippen LogP contribution in [0.4, 0.5) is 11.4 Å². The lowest BCUT2D eigenvalue weighted by Gasteiger charge is -2.26. The van der Waals surface area contributed by atoms with Crippen LogP contribution in [-0.4, -0.2) is 43.5 Å². The Bertz CT molecular complexity index is 1080. The smallest absolute Gasteiger partial charge is 0.338 e. The van der Waals surface area contributed by atoms with Crippen molar-refractivity contribution >= 4 is 40.2 Å². The number of ether oxygens (including phenoxy) is 1.